The van der Waals surface area contributed by atoms with E-state index in [1.54, 1.807) is 23.7 Å². The van der Waals surface area contributed by atoms with Crippen LogP contribution < -0.4 is 0 Å². The van der Waals surface area contributed by atoms with E-state index in [1.807, 2.05) is 6.92 Å². The molecule has 0 saturated carbocycles. The van der Waals surface area contributed by atoms with Crippen molar-refractivity contribution in [2.75, 3.05) is 0 Å². The summed E-state index contributed by atoms with van der Waals surface area (Å²) in [6.07, 6.45) is -2.72. The Morgan fingerprint density at radius 2 is 2.04 bits per heavy atom. The maximum absolute atomic E-state index is 13.6. The Morgan fingerprint density at radius 3 is 2.62 bits per heavy atom. The van der Waals surface area contributed by atoms with Gasteiger partial charge < -0.3 is 0 Å². The van der Waals surface area contributed by atoms with Crippen LogP contribution in [-0.2, 0) is 12.7 Å². The van der Waals surface area contributed by atoms with Gasteiger partial charge in [0.15, 0.2) is 5.65 Å². The summed E-state index contributed by atoms with van der Waals surface area (Å²) in [5.41, 5.74) is 0.184. The van der Waals surface area contributed by atoms with Gasteiger partial charge >= 0.3 is 6.18 Å². The molecule has 3 nitrogen and oxygen atoms in total. The topological polar surface area (TPSA) is 30.7 Å². The molecule has 3 rings (SSSR count). The van der Waals surface area contributed by atoms with Crippen molar-refractivity contribution in [3.63, 3.8) is 0 Å². The summed E-state index contributed by atoms with van der Waals surface area (Å²) >= 11 is 7.12. The molecule has 3 aromatic rings. The molecule has 0 aliphatic rings. The van der Waals surface area contributed by atoms with Crippen molar-refractivity contribution in [1.82, 2.24) is 14.8 Å². The zero-order valence-electron chi connectivity index (χ0n) is 13.1. The van der Waals surface area contributed by atoms with Crippen molar-refractivity contribution in [3.05, 3.63) is 33.8 Å². The largest absolute Gasteiger partial charge is 0.417 e. The normalized spacial score (nSPS) is 12.2. The molecule has 0 aliphatic carbocycles. The highest BCUT2D eigenvalue weighted by atomic mass is 35.5. The molecular weight excluding hydrogens is 359 g/mol. The molecule has 0 radical (unpaired) electrons. The summed E-state index contributed by atoms with van der Waals surface area (Å²) in [6, 6.07) is 4.42. The second-order valence-corrected chi connectivity index (χ2v) is 7.23. The van der Waals surface area contributed by atoms with E-state index in [0.29, 0.717) is 21.5 Å². The first-order valence-electron chi connectivity index (χ1n) is 7.52. The minimum absolute atomic E-state index is 0.0741. The quantitative estimate of drug-likeness (QED) is 0.566. The molecule has 0 spiro atoms. The molecule has 3 aromatic heterocycles. The zero-order chi connectivity index (χ0) is 17.5. The van der Waals surface area contributed by atoms with Crippen LogP contribution in [0.25, 0.3) is 21.6 Å². The lowest BCUT2D eigenvalue weighted by Crippen LogP contribution is -2.08. The molecule has 0 aromatic carbocycles. The third-order valence-corrected chi connectivity index (χ3v) is 4.99. The average Bonchev–Trinajstić information content (AvgIpc) is 3.08. The number of pyridine rings is 1. The monoisotopic (exact) mass is 373 g/mol. The number of hydrogen-bond donors (Lipinski definition) is 0. The van der Waals surface area contributed by atoms with E-state index in [1.165, 1.54) is 11.3 Å². The minimum atomic E-state index is -4.47. The molecule has 128 valence electrons. The first kappa shape index (κ1) is 17.2. The van der Waals surface area contributed by atoms with Crippen molar-refractivity contribution in [2.24, 2.45) is 0 Å². The van der Waals surface area contributed by atoms with E-state index < -0.39 is 11.7 Å². The van der Waals surface area contributed by atoms with Gasteiger partial charge in [-0.25, -0.2) is 9.67 Å². The summed E-state index contributed by atoms with van der Waals surface area (Å²) in [4.78, 5) is 5.06. The van der Waals surface area contributed by atoms with Gasteiger partial charge in [-0.05, 0) is 31.5 Å². The predicted octanol–water partition coefficient (Wildman–Crippen LogP) is 5.94. The number of hydrogen-bond acceptors (Lipinski definition) is 3. The number of unbranched alkanes of at least 4 members (excludes halogenated alkanes) is 1. The molecule has 0 N–H and O–H groups in total. The predicted molar refractivity (Wildman–Crippen MR) is 90.5 cm³/mol. The van der Waals surface area contributed by atoms with Gasteiger partial charge in [0.05, 0.1) is 31.6 Å². The Hall–Kier alpha value is -1.60. The van der Waals surface area contributed by atoms with Crippen molar-refractivity contribution >= 4 is 34.0 Å². The fourth-order valence-electron chi connectivity index (χ4n) is 2.62. The lowest BCUT2D eigenvalue weighted by atomic mass is 10.1. The Balaban J connectivity index is 2.28. The first-order valence-corrected chi connectivity index (χ1v) is 8.71. The van der Waals surface area contributed by atoms with Crippen LogP contribution in [-0.4, -0.2) is 14.8 Å². The van der Waals surface area contributed by atoms with E-state index in [0.717, 1.165) is 18.9 Å². The number of aromatic nitrogens is 3. The summed E-state index contributed by atoms with van der Waals surface area (Å²) in [7, 11) is 0. The maximum Gasteiger partial charge on any atom is 0.417 e. The van der Waals surface area contributed by atoms with Crippen LogP contribution in [0.1, 0.15) is 31.0 Å². The van der Waals surface area contributed by atoms with Gasteiger partial charge in [0.25, 0.3) is 0 Å². The van der Waals surface area contributed by atoms with Gasteiger partial charge in [-0.2, -0.15) is 18.3 Å². The molecule has 24 heavy (non-hydrogen) atoms. The number of nitrogens with zero attached hydrogens (tertiary/aromatic N) is 3. The molecule has 8 heteroatoms. The molecule has 3 heterocycles. The van der Waals surface area contributed by atoms with Crippen LogP contribution in [0.4, 0.5) is 13.2 Å². The highest BCUT2D eigenvalue weighted by molar-refractivity contribution is 7.19. The maximum atomic E-state index is 13.6. The molecule has 0 bridgehead atoms. The highest BCUT2D eigenvalue weighted by Gasteiger charge is 2.35. The third kappa shape index (κ3) is 3.15. The van der Waals surface area contributed by atoms with E-state index in [9.17, 15) is 13.2 Å². The van der Waals surface area contributed by atoms with Gasteiger partial charge in [-0.15, -0.1) is 11.3 Å². The molecule has 0 atom stereocenters. The molecule has 0 unspecified atom stereocenters. The Labute approximate surface area is 146 Å². The van der Waals surface area contributed by atoms with Crippen molar-refractivity contribution < 1.29 is 13.2 Å². The lowest BCUT2D eigenvalue weighted by Gasteiger charge is -2.11. The van der Waals surface area contributed by atoms with E-state index in [4.69, 9.17) is 11.6 Å². The second-order valence-electron chi connectivity index (χ2n) is 5.52. The van der Waals surface area contributed by atoms with Crippen LogP contribution in [0.5, 0.6) is 0 Å². The van der Waals surface area contributed by atoms with Gasteiger partial charge in [0, 0.05) is 6.54 Å². The van der Waals surface area contributed by atoms with Crippen LogP contribution >= 0.6 is 22.9 Å². The molecule has 0 amide bonds. The van der Waals surface area contributed by atoms with Crippen LogP contribution in [0.3, 0.4) is 0 Å². The number of alkyl halides is 3. The highest BCUT2D eigenvalue weighted by Crippen LogP contribution is 2.39. The minimum Gasteiger partial charge on any atom is -0.247 e. The number of aryl methyl sites for hydroxylation is 2. The number of halogens is 4. The van der Waals surface area contributed by atoms with E-state index in [-0.39, 0.29) is 16.7 Å². The molecular formula is C16H15ClF3N3S. The second kappa shape index (κ2) is 6.37. The zero-order valence-corrected chi connectivity index (χ0v) is 14.7. The fourth-order valence-corrected chi connectivity index (χ4v) is 3.62. The van der Waals surface area contributed by atoms with E-state index in [2.05, 4.69) is 10.1 Å². The summed E-state index contributed by atoms with van der Waals surface area (Å²) in [5.74, 6) is 0. The fraction of sp³-hybridized carbons (Fsp3) is 0.375. The van der Waals surface area contributed by atoms with Crippen LogP contribution in [0.15, 0.2) is 18.2 Å². The summed E-state index contributed by atoms with van der Waals surface area (Å²) in [5, 5.41) is 4.35. The van der Waals surface area contributed by atoms with Crippen molar-refractivity contribution in [2.45, 2.75) is 39.4 Å². The molecule has 0 aliphatic heterocycles. The lowest BCUT2D eigenvalue weighted by molar-refractivity contribution is -0.136. The van der Waals surface area contributed by atoms with Crippen LogP contribution in [0.2, 0.25) is 4.34 Å². The summed E-state index contributed by atoms with van der Waals surface area (Å²) < 4.78 is 42.8. The van der Waals surface area contributed by atoms with Gasteiger partial charge in [-0.1, -0.05) is 24.9 Å². The number of rotatable bonds is 4. The molecule has 0 saturated heterocycles. The van der Waals surface area contributed by atoms with Crippen LogP contribution in [0, 0.1) is 6.92 Å². The molecule has 0 fully saturated rings. The standard InChI is InChI=1S/C16H15ClF3N3S/c1-3-4-7-23-15-14(9(2)22-23)10(16(18,19)20)8-11(21-15)12-5-6-13(17)24-12/h5-6,8H,3-4,7H2,1-2H3. The Kier molecular flexibility index (Phi) is 4.57. The van der Waals surface area contributed by atoms with Gasteiger partial charge in [0.1, 0.15) is 0 Å². The van der Waals surface area contributed by atoms with Gasteiger partial charge in [-0.3, -0.25) is 0 Å². The Bertz CT molecular complexity index is 883. The SMILES string of the molecule is CCCCn1nc(C)c2c(C(F)(F)F)cc(-c3ccc(Cl)s3)nc21. The smallest absolute Gasteiger partial charge is 0.247 e. The first-order chi connectivity index (χ1) is 11.3. The van der Waals surface area contributed by atoms with E-state index >= 15 is 0 Å². The average molecular weight is 374 g/mol. The van der Waals surface area contributed by atoms with Gasteiger partial charge in [0.2, 0.25) is 0 Å². The number of fused-ring (bicyclic) bond motifs is 1. The number of thiophene rings is 1. The summed E-state index contributed by atoms with van der Waals surface area (Å²) in [6.45, 7) is 4.15. The third-order valence-electron chi connectivity index (χ3n) is 3.73. The Morgan fingerprint density at radius 1 is 1.29 bits per heavy atom. The van der Waals surface area contributed by atoms with Crippen molar-refractivity contribution in [3.8, 4) is 10.6 Å². The van der Waals surface area contributed by atoms with Crippen molar-refractivity contribution in [1.29, 1.82) is 0 Å².